The molecule has 18 heavy (non-hydrogen) atoms. The Bertz CT molecular complexity index is 438. The van der Waals surface area contributed by atoms with E-state index in [2.05, 4.69) is 14.9 Å². The van der Waals surface area contributed by atoms with E-state index in [0.29, 0.717) is 12.3 Å². The maximum absolute atomic E-state index is 11.8. The largest absolute Gasteiger partial charge is 0.468 e. The van der Waals surface area contributed by atoms with E-state index in [0.717, 1.165) is 26.2 Å². The van der Waals surface area contributed by atoms with Crippen LogP contribution in [0.5, 0.6) is 0 Å². The third-order valence-electron chi connectivity index (χ3n) is 2.93. The van der Waals surface area contributed by atoms with Crippen molar-refractivity contribution in [3.05, 3.63) is 24.2 Å². The van der Waals surface area contributed by atoms with Crippen LogP contribution in [0.4, 0.5) is 0 Å². The topological polar surface area (TPSA) is 74.6 Å². The van der Waals surface area contributed by atoms with Crippen molar-refractivity contribution in [1.29, 1.82) is 0 Å². The van der Waals surface area contributed by atoms with Gasteiger partial charge in [-0.15, -0.1) is 0 Å². The summed E-state index contributed by atoms with van der Waals surface area (Å²) in [6.45, 7) is 4.48. The van der Waals surface area contributed by atoms with Gasteiger partial charge in [-0.3, -0.25) is 4.90 Å². The fourth-order valence-corrected chi connectivity index (χ4v) is 2.86. The molecule has 2 heterocycles. The van der Waals surface area contributed by atoms with Gasteiger partial charge in [-0.1, -0.05) is 0 Å². The zero-order valence-corrected chi connectivity index (χ0v) is 11.1. The summed E-state index contributed by atoms with van der Waals surface area (Å²) in [5.41, 5.74) is 0. The van der Waals surface area contributed by atoms with Crippen LogP contribution in [0.1, 0.15) is 5.76 Å². The van der Waals surface area contributed by atoms with Crippen LogP contribution in [-0.2, 0) is 16.6 Å². The van der Waals surface area contributed by atoms with Gasteiger partial charge in [0.15, 0.2) is 0 Å². The van der Waals surface area contributed by atoms with Crippen molar-refractivity contribution < 1.29 is 12.8 Å². The summed E-state index contributed by atoms with van der Waals surface area (Å²) in [7, 11) is -3.23. The summed E-state index contributed by atoms with van der Waals surface area (Å²) in [6, 6.07) is 3.49. The normalized spacial score (nSPS) is 18.0. The van der Waals surface area contributed by atoms with Gasteiger partial charge in [0, 0.05) is 32.7 Å². The molecule has 2 N–H and O–H groups in total. The van der Waals surface area contributed by atoms with Crippen molar-refractivity contribution in [3.8, 4) is 0 Å². The molecule has 6 nitrogen and oxygen atoms in total. The van der Waals surface area contributed by atoms with Gasteiger partial charge in [0.2, 0.25) is 10.0 Å². The van der Waals surface area contributed by atoms with Gasteiger partial charge in [-0.25, -0.2) is 13.1 Å². The lowest BCUT2D eigenvalue weighted by molar-refractivity contribution is 0.253. The molecular formula is C11H19N3O3S. The van der Waals surface area contributed by atoms with E-state index in [9.17, 15) is 8.42 Å². The Morgan fingerprint density at radius 3 is 2.83 bits per heavy atom. The zero-order valence-electron chi connectivity index (χ0n) is 10.3. The van der Waals surface area contributed by atoms with Crippen LogP contribution in [0.25, 0.3) is 0 Å². The minimum absolute atomic E-state index is 0.133. The van der Waals surface area contributed by atoms with Crippen molar-refractivity contribution in [2.24, 2.45) is 0 Å². The van der Waals surface area contributed by atoms with Gasteiger partial charge in [0.25, 0.3) is 0 Å². The van der Waals surface area contributed by atoms with Crippen LogP contribution >= 0.6 is 0 Å². The summed E-state index contributed by atoms with van der Waals surface area (Å²) in [5.74, 6) is 0.758. The molecule has 1 aromatic rings. The molecule has 0 spiro atoms. The standard InChI is InChI=1S/C11H19N3O3S/c15-18(16,13-10-11-2-1-8-17-11)9-7-14-5-3-12-4-6-14/h1-2,8,12-13H,3-7,9-10H2. The first-order valence-electron chi connectivity index (χ1n) is 6.08. The Kier molecular flexibility index (Phi) is 4.76. The fourth-order valence-electron chi connectivity index (χ4n) is 1.85. The van der Waals surface area contributed by atoms with Crippen molar-refractivity contribution >= 4 is 10.0 Å². The molecule has 0 atom stereocenters. The molecule has 0 aromatic carbocycles. The molecule has 0 radical (unpaired) electrons. The second kappa shape index (κ2) is 6.33. The fraction of sp³-hybridized carbons (Fsp3) is 0.636. The predicted octanol–water partition coefficient (Wildman–Crippen LogP) is -0.396. The molecule has 0 aliphatic carbocycles. The molecule has 102 valence electrons. The minimum atomic E-state index is -3.23. The maximum Gasteiger partial charge on any atom is 0.213 e. The monoisotopic (exact) mass is 273 g/mol. The summed E-state index contributed by atoms with van der Waals surface area (Å²) in [5, 5.41) is 3.24. The second-order valence-electron chi connectivity index (χ2n) is 4.31. The van der Waals surface area contributed by atoms with Crippen LogP contribution in [0.15, 0.2) is 22.8 Å². The number of hydrogen-bond acceptors (Lipinski definition) is 5. The van der Waals surface area contributed by atoms with Crippen LogP contribution in [0, 0.1) is 0 Å². The van der Waals surface area contributed by atoms with Gasteiger partial charge in [0.1, 0.15) is 5.76 Å². The lowest BCUT2D eigenvalue weighted by Gasteiger charge is -2.26. The molecule has 1 aromatic heterocycles. The number of rotatable bonds is 6. The lowest BCUT2D eigenvalue weighted by atomic mass is 10.4. The SMILES string of the molecule is O=S(=O)(CCN1CCNCC1)NCc1ccco1. The van der Waals surface area contributed by atoms with Crippen molar-refractivity contribution in [1.82, 2.24) is 14.9 Å². The number of sulfonamides is 1. The molecule has 7 heteroatoms. The summed E-state index contributed by atoms with van der Waals surface area (Å²) in [6.07, 6.45) is 1.53. The lowest BCUT2D eigenvalue weighted by Crippen LogP contribution is -2.45. The molecule has 0 amide bonds. The number of hydrogen-bond donors (Lipinski definition) is 2. The second-order valence-corrected chi connectivity index (χ2v) is 6.24. The predicted molar refractivity (Wildman–Crippen MR) is 68.6 cm³/mol. The third-order valence-corrected chi connectivity index (χ3v) is 4.24. The molecule has 1 aliphatic rings. The minimum Gasteiger partial charge on any atom is -0.468 e. The third kappa shape index (κ3) is 4.41. The van der Waals surface area contributed by atoms with E-state index in [1.54, 1.807) is 12.1 Å². The number of piperazine rings is 1. The maximum atomic E-state index is 11.8. The van der Waals surface area contributed by atoms with E-state index in [1.807, 2.05) is 0 Å². The van der Waals surface area contributed by atoms with E-state index >= 15 is 0 Å². The number of furan rings is 1. The molecule has 2 rings (SSSR count). The summed E-state index contributed by atoms with van der Waals surface area (Å²) in [4.78, 5) is 2.16. The Labute approximate surface area is 107 Å². The van der Waals surface area contributed by atoms with Crippen molar-refractivity contribution in [2.75, 3.05) is 38.5 Å². The Hall–Kier alpha value is -0.890. The van der Waals surface area contributed by atoms with Crippen LogP contribution in [0.2, 0.25) is 0 Å². The van der Waals surface area contributed by atoms with Crippen LogP contribution in [-0.4, -0.2) is 51.8 Å². The summed E-state index contributed by atoms with van der Waals surface area (Å²) >= 11 is 0. The molecule has 1 saturated heterocycles. The van der Waals surface area contributed by atoms with Crippen LogP contribution < -0.4 is 10.0 Å². The smallest absolute Gasteiger partial charge is 0.213 e. The van der Waals surface area contributed by atoms with Gasteiger partial charge in [0.05, 0.1) is 18.6 Å². The van der Waals surface area contributed by atoms with Gasteiger partial charge >= 0.3 is 0 Å². The zero-order chi connectivity index (χ0) is 12.8. The quantitative estimate of drug-likeness (QED) is 0.738. The Balaban J connectivity index is 1.73. The highest BCUT2D eigenvalue weighted by molar-refractivity contribution is 7.89. The highest BCUT2D eigenvalue weighted by Gasteiger charge is 2.15. The molecule has 0 saturated carbocycles. The number of nitrogens with zero attached hydrogens (tertiary/aromatic N) is 1. The van der Waals surface area contributed by atoms with Crippen molar-refractivity contribution in [2.45, 2.75) is 6.54 Å². The molecular weight excluding hydrogens is 254 g/mol. The molecule has 1 aliphatic heterocycles. The first-order chi connectivity index (χ1) is 8.66. The first kappa shape index (κ1) is 13.5. The van der Waals surface area contributed by atoms with Gasteiger partial charge in [-0.05, 0) is 12.1 Å². The molecule has 1 fully saturated rings. The van der Waals surface area contributed by atoms with E-state index in [4.69, 9.17) is 4.42 Å². The Morgan fingerprint density at radius 2 is 2.17 bits per heavy atom. The summed E-state index contributed by atoms with van der Waals surface area (Å²) < 4.78 is 31.2. The average Bonchev–Trinajstić information content (AvgIpc) is 2.89. The van der Waals surface area contributed by atoms with Crippen LogP contribution in [0.3, 0.4) is 0 Å². The Morgan fingerprint density at radius 1 is 1.39 bits per heavy atom. The van der Waals surface area contributed by atoms with Gasteiger partial charge < -0.3 is 9.73 Å². The molecule has 0 unspecified atom stereocenters. The van der Waals surface area contributed by atoms with E-state index in [1.165, 1.54) is 6.26 Å². The highest BCUT2D eigenvalue weighted by Crippen LogP contribution is 2.00. The highest BCUT2D eigenvalue weighted by atomic mass is 32.2. The van der Waals surface area contributed by atoms with Crippen molar-refractivity contribution in [3.63, 3.8) is 0 Å². The van der Waals surface area contributed by atoms with E-state index in [-0.39, 0.29) is 12.3 Å². The first-order valence-corrected chi connectivity index (χ1v) is 7.74. The van der Waals surface area contributed by atoms with Gasteiger partial charge in [-0.2, -0.15) is 0 Å². The number of nitrogens with one attached hydrogen (secondary N) is 2. The van der Waals surface area contributed by atoms with E-state index < -0.39 is 10.0 Å². The molecule has 0 bridgehead atoms. The average molecular weight is 273 g/mol.